The summed E-state index contributed by atoms with van der Waals surface area (Å²) in [6.07, 6.45) is 0.249. The van der Waals surface area contributed by atoms with E-state index < -0.39 is 5.41 Å². The molecule has 0 aliphatic heterocycles. The van der Waals surface area contributed by atoms with Crippen molar-refractivity contribution < 1.29 is 9.59 Å². The number of nitrogens with one attached hydrogen (secondary N) is 2. The summed E-state index contributed by atoms with van der Waals surface area (Å²) in [7, 11) is 0. The van der Waals surface area contributed by atoms with Crippen LogP contribution in [0.25, 0.3) is 0 Å². The number of hydrogen-bond donors (Lipinski definition) is 2. The first-order valence-corrected chi connectivity index (χ1v) is 7.04. The molecule has 1 rings (SSSR count). The van der Waals surface area contributed by atoms with Gasteiger partial charge in [-0.15, -0.1) is 11.3 Å². The van der Waals surface area contributed by atoms with Crippen LogP contribution >= 0.6 is 11.3 Å². The van der Waals surface area contributed by atoms with Crippen molar-refractivity contribution >= 4 is 28.3 Å². The third-order valence-electron chi connectivity index (χ3n) is 2.59. The minimum absolute atomic E-state index is 0.0544. The van der Waals surface area contributed by atoms with E-state index in [0.29, 0.717) is 11.7 Å². The van der Waals surface area contributed by atoms with Crippen molar-refractivity contribution in [1.29, 1.82) is 0 Å². The lowest BCUT2D eigenvalue weighted by atomic mass is 9.96. The fourth-order valence-corrected chi connectivity index (χ4v) is 2.09. The molecule has 0 unspecified atom stereocenters. The van der Waals surface area contributed by atoms with Gasteiger partial charge in [-0.1, -0.05) is 20.8 Å². The fraction of sp³-hybridized carbons (Fsp3) is 0.615. The number of amides is 2. The lowest BCUT2D eigenvalue weighted by molar-refractivity contribution is -0.128. The zero-order valence-electron chi connectivity index (χ0n) is 12.1. The molecule has 1 aromatic heterocycles. The molecule has 0 spiro atoms. The maximum absolute atomic E-state index is 11.7. The van der Waals surface area contributed by atoms with E-state index in [1.165, 1.54) is 11.3 Å². The molecule has 0 fully saturated rings. The molecule has 5 nitrogen and oxygen atoms in total. The van der Waals surface area contributed by atoms with E-state index in [4.69, 9.17) is 0 Å². The molecule has 2 amide bonds. The lowest BCUT2D eigenvalue weighted by Gasteiger charge is -2.17. The van der Waals surface area contributed by atoms with E-state index in [1.54, 1.807) is 0 Å². The Morgan fingerprint density at radius 1 is 1.26 bits per heavy atom. The smallest absolute Gasteiger partial charge is 0.227 e. The fourth-order valence-electron chi connectivity index (χ4n) is 1.26. The molecular formula is C13H21N3O2S. The summed E-state index contributed by atoms with van der Waals surface area (Å²) in [6.45, 7) is 9.72. The molecule has 19 heavy (non-hydrogen) atoms. The van der Waals surface area contributed by atoms with Crippen LogP contribution in [0.1, 0.15) is 37.8 Å². The summed E-state index contributed by atoms with van der Waals surface area (Å²) in [5, 5.41) is 6.09. The van der Waals surface area contributed by atoms with Gasteiger partial charge in [0, 0.05) is 23.3 Å². The van der Waals surface area contributed by atoms with E-state index in [0.717, 1.165) is 10.6 Å². The van der Waals surface area contributed by atoms with E-state index in [1.807, 2.05) is 34.6 Å². The van der Waals surface area contributed by atoms with Crippen LogP contribution < -0.4 is 10.6 Å². The van der Waals surface area contributed by atoms with Gasteiger partial charge >= 0.3 is 0 Å². The van der Waals surface area contributed by atoms with Crippen molar-refractivity contribution in [3.63, 3.8) is 0 Å². The average molecular weight is 283 g/mol. The highest BCUT2D eigenvalue weighted by Crippen LogP contribution is 2.21. The number of carbonyl (C=O) groups is 2. The van der Waals surface area contributed by atoms with Crippen LogP contribution in [0.5, 0.6) is 0 Å². The van der Waals surface area contributed by atoms with Crippen LogP contribution in [-0.2, 0) is 9.59 Å². The van der Waals surface area contributed by atoms with Gasteiger partial charge in [0.2, 0.25) is 11.8 Å². The van der Waals surface area contributed by atoms with Crippen LogP contribution in [0, 0.1) is 19.3 Å². The monoisotopic (exact) mass is 283 g/mol. The number of rotatable bonds is 4. The van der Waals surface area contributed by atoms with Crippen molar-refractivity contribution in [2.75, 3.05) is 11.9 Å². The van der Waals surface area contributed by atoms with Crippen molar-refractivity contribution in [3.8, 4) is 0 Å². The highest BCUT2D eigenvalue weighted by Gasteiger charge is 2.20. The van der Waals surface area contributed by atoms with Gasteiger partial charge in [-0.2, -0.15) is 0 Å². The van der Waals surface area contributed by atoms with Gasteiger partial charge in [0.1, 0.15) is 0 Å². The standard InChI is InChI=1S/C13H21N3O2S/c1-8-9(2)19-12(15-8)16-10(17)6-7-14-11(18)13(3,4)5/h6-7H2,1-5H3,(H,14,18)(H,15,16,17). The summed E-state index contributed by atoms with van der Waals surface area (Å²) < 4.78 is 0. The third kappa shape index (κ3) is 4.98. The molecule has 0 bridgehead atoms. The van der Waals surface area contributed by atoms with Gasteiger partial charge in [-0.05, 0) is 13.8 Å². The number of nitrogens with zero attached hydrogens (tertiary/aromatic N) is 1. The van der Waals surface area contributed by atoms with Crippen LogP contribution in [0.15, 0.2) is 0 Å². The van der Waals surface area contributed by atoms with E-state index in [9.17, 15) is 9.59 Å². The molecule has 0 aliphatic rings. The minimum Gasteiger partial charge on any atom is -0.355 e. The van der Waals surface area contributed by atoms with E-state index in [2.05, 4.69) is 15.6 Å². The van der Waals surface area contributed by atoms with Crippen LogP contribution in [0.4, 0.5) is 5.13 Å². The summed E-state index contributed by atoms with van der Waals surface area (Å²) in [6, 6.07) is 0. The first-order chi connectivity index (χ1) is 8.70. The largest absolute Gasteiger partial charge is 0.355 e. The molecule has 0 aromatic carbocycles. The Morgan fingerprint density at radius 3 is 2.37 bits per heavy atom. The number of thiazole rings is 1. The van der Waals surface area contributed by atoms with Gasteiger partial charge in [0.25, 0.3) is 0 Å². The molecule has 6 heteroatoms. The predicted octanol–water partition coefficient (Wildman–Crippen LogP) is 2.25. The maximum Gasteiger partial charge on any atom is 0.227 e. The number of carbonyl (C=O) groups excluding carboxylic acids is 2. The maximum atomic E-state index is 11.7. The highest BCUT2D eigenvalue weighted by atomic mass is 32.1. The van der Waals surface area contributed by atoms with Crippen molar-refractivity contribution in [2.24, 2.45) is 5.41 Å². The van der Waals surface area contributed by atoms with Gasteiger partial charge in [-0.25, -0.2) is 4.98 Å². The van der Waals surface area contributed by atoms with Gasteiger partial charge in [0.05, 0.1) is 5.69 Å². The molecule has 106 valence electrons. The first-order valence-electron chi connectivity index (χ1n) is 6.22. The number of hydrogen-bond acceptors (Lipinski definition) is 4. The Labute approximate surface area is 117 Å². The van der Waals surface area contributed by atoms with Crippen molar-refractivity contribution in [2.45, 2.75) is 41.0 Å². The number of aromatic nitrogens is 1. The SMILES string of the molecule is Cc1nc(NC(=O)CCNC(=O)C(C)(C)C)sc1C. The molecule has 1 aromatic rings. The summed E-state index contributed by atoms with van der Waals surface area (Å²) in [4.78, 5) is 28.6. The predicted molar refractivity (Wildman–Crippen MR) is 77.3 cm³/mol. The Bertz CT molecular complexity index is 455. The van der Waals surface area contributed by atoms with Gasteiger partial charge in [0.15, 0.2) is 5.13 Å². The van der Waals surface area contributed by atoms with E-state index in [-0.39, 0.29) is 18.2 Å². The zero-order valence-corrected chi connectivity index (χ0v) is 12.9. The quantitative estimate of drug-likeness (QED) is 0.890. The second kappa shape index (κ2) is 6.14. The first kappa shape index (κ1) is 15.6. The third-order valence-corrected chi connectivity index (χ3v) is 3.58. The van der Waals surface area contributed by atoms with Gasteiger partial charge in [-0.3, -0.25) is 9.59 Å². The van der Waals surface area contributed by atoms with Crippen LogP contribution in [0.3, 0.4) is 0 Å². The molecule has 2 N–H and O–H groups in total. The summed E-state index contributed by atoms with van der Waals surface area (Å²) in [5.41, 5.74) is 0.501. The topological polar surface area (TPSA) is 71.1 Å². The molecule has 1 heterocycles. The Morgan fingerprint density at radius 2 is 1.89 bits per heavy atom. The number of aryl methyl sites for hydroxylation is 2. The van der Waals surface area contributed by atoms with Crippen molar-refractivity contribution in [1.82, 2.24) is 10.3 Å². The molecule has 0 saturated heterocycles. The second-order valence-corrected chi connectivity index (χ2v) is 6.67. The van der Waals surface area contributed by atoms with Crippen molar-refractivity contribution in [3.05, 3.63) is 10.6 Å². The normalized spacial score (nSPS) is 11.2. The molecule has 0 atom stereocenters. The minimum atomic E-state index is -0.431. The summed E-state index contributed by atoms with van der Waals surface area (Å²) >= 11 is 1.46. The summed E-state index contributed by atoms with van der Waals surface area (Å²) in [5.74, 6) is -0.191. The Balaban J connectivity index is 2.35. The van der Waals surface area contributed by atoms with E-state index >= 15 is 0 Å². The highest BCUT2D eigenvalue weighted by molar-refractivity contribution is 7.15. The Kier molecular flexibility index (Phi) is 5.05. The molecule has 0 saturated carbocycles. The number of anilines is 1. The van der Waals surface area contributed by atoms with Crippen LogP contribution in [-0.4, -0.2) is 23.3 Å². The zero-order chi connectivity index (χ0) is 14.6. The van der Waals surface area contributed by atoms with Crippen LogP contribution in [0.2, 0.25) is 0 Å². The lowest BCUT2D eigenvalue weighted by Crippen LogP contribution is -2.36. The average Bonchev–Trinajstić information content (AvgIpc) is 2.56. The molecule has 0 aliphatic carbocycles. The second-order valence-electron chi connectivity index (χ2n) is 5.46. The molecular weight excluding hydrogens is 262 g/mol. The molecule has 0 radical (unpaired) electrons. The van der Waals surface area contributed by atoms with Gasteiger partial charge < -0.3 is 10.6 Å². The Hall–Kier alpha value is -1.43.